The maximum Gasteiger partial charge on any atom is 0.243 e. The fraction of sp³-hybridized carbons (Fsp3) is 0.200. The summed E-state index contributed by atoms with van der Waals surface area (Å²) in [6.07, 6.45) is 0. The van der Waals surface area contributed by atoms with Crippen LogP contribution in [0.15, 0.2) is 36.4 Å². The van der Waals surface area contributed by atoms with Gasteiger partial charge in [-0.1, -0.05) is 35.3 Å². The van der Waals surface area contributed by atoms with Crippen LogP contribution in [0.5, 0.6) is 0 Å². The molecule has 1 unspecified atom stereocenters. The molecular formula is C15H14Cl2N4. The number of halogens is 2. The quantitative estimate of drug-likeness (QED) is 0.771. The highest BCUT2D eigenvalue weighted by Gasteiger charge is 2.13. The molecule has 6 heteroatoms. The van der Waals surface area contributed by atoms with Crippen molar-refractivity contribution in [2.45, 2.75) is 19.9 Å². The van der Waals surface area contributed by atoms with E-state index in [4.69, 9.17) is 23.2 Å². The molecule has 4 nitrogen and oxygen atoms in total. The number of benzene rings is 1. The Morgan fingerprint density at radius 3 is 2.71 bits per heavy atom. The summed E-state index contributed by atoms with van der Waals surface area (Å²) in [6, 6.07) is 11.3. The summed E-state index contributed by atoms with van der Waals surface area (Å²) < 4.78 is 1.80. The maximum atomic E-state index is 6.22. The Bertz CT molecular complexity index is 797. The van der Waals surface area contributed by atoms with Gasteiger partial charge in [-0.3, -0.25) is 0 Å². The Morgan fingerprint density at radius 2 is 2.00 bits per heavy atom. The fourth-order valence-corrected chi connectivity index (χ4v) is 2.79. The molecule has 1 N–H and O–H groups in total. The number of fused-ring (bicyclic) bond motifs is 1. The lowest BCUT2D eigenvalue weighted by molar-refractivity contribution is 0.846. The van der Waals surface area contributed by atoms with Gasteiger partial charge >= 0.3 is 0 Å². The molecule has 2 aromatic heterocycles. The second-order valence-electron chi connectivity index (χ2n) is 4.90. The van der Waals surface area contributed by atoms with E-state index in [0.29, 0.717) is 16.0 Å². The first-order chi connectivity index (χ1) is 10.0. The van der Waals surface area contributed by atoms with Crippen LogP contribution in [0, 0.1) is 6.92 Å². The molecule has 0 aliphatic rings. The number of pyridine rings is 1. The summed E-state index contributed by atoms with van der Waals surface area (Å²) in [7, 11) is 0. The molecule has 2 heterocycles. The molecule has 108 valence electrons. The molecule has 0 radical (unpaired) electrons. The zero-order valence-electron chi connectivity index (χ0n) is 11.6. The lowest BCUT2D eigenvalue weighted by atomic mass is 10.1. The van der Waals surface area contributed by atoms with Gasteiger partial charge in [-0.05, 0) is 43.7 Å². The average molecular weight is 321 g/mol. The first-order valence-electron chi connectivity index (χ1n) is 6.58. The molecule has 21 heavy (non-hydrogen) atoms. The smallest absolute Gasteiger partial charge is 0.243 e. The third kappa shape index (κ3) is 2.82. The van der Waals surface area contributed by atoms with Crippen LogP contribution in [0.1, 0.15) is 24.2 Å². The highest BCUT2D eigenvalue weighted by atomic mass is 35.5. The highest BCUT2D eigenvalue weighted by molar-refractivity contribution is 6.35. The molecule has 0 aliphatic heterocycles. The SMILES string of the molecule is Cc1cccc2nc(NC(C)c3ccc(Cl)cc3Cl)nn12. The van der Waals surface area contributed by atoms with Crippen LogP contribution < -0.4 is 5.32 Å². The van der Waals surface area contributed by atoms with Gasteiger partial charge < -0.3 is 5.32 Å². The number of hydrogen-bond donors (Lipinski definition) is 1. The van der Waals surface area contributed by atoms with Crippen LogP contribution in [-0.4, -0.2) is 14.6 Å². The summed E-state index contributed by atoms with van der Waals surface area (Å²) in [6.45, 7) is 4.00. The fourth-order valence-electron chi connectivity index (χ4n) is 2.22. The van der Waals surface area contributed by atoms with Crippen LogP contribution in [0.3, 0.4) is 0 Å². The number of nitrogens with one attached hydrogen (secondary N) is 1. The predicted octanol–water partition coefficient (Wildman–Crippen LogP) is 4.52. The van der Waals surface area contributed by atoms with Gasteiger partial charge in [0.2, 0.25) is 5.95 Å². The monoisotopic (exact) mass is 320 g/mol. The van der Waals surface area contributed by atoms with E-state index < -0.39 is 0 Å². The molecule has 1 aromatic carbocycles. The minimum Gasteiger partial charge on any atom is -0.346 e. The minimum atomic E-state index is -0.0208. The Kier molecular flexibility index (Phi) is 3.74. The van der Waals surface area contributed by atoms with Crippen molar-refractivity contribution in [2.75, 3.05) is 5.32 Å². The lowest BCUT2D eigenvalue weighted by Gasteiger charge is -2.14. The first-order valence-corrected chi connectivity index (χ1v) is 7.34. The van der Waals surface area contributed by atoms with Crippen LogP contribution in [-0.2, 0) is 0 Å². The third-order valence-electron chi connectivity index (χ3n) is 3.32. The number of anilines is 1. The second-order valence-corrected chi connectivity index (χ2v) is 5.75. The summed E-state index contributed by atoms with van der Waals surface area (Å²) in [5.74, 6) is 0.572. The number of aromatic nitrogens is 3. The molecule has 0 amide bonds. The van der Waals surface area contributed by atoms with E-state index in [-0.39, 0.29) is 6.04 Å². The van der Waals surface area contributed by atoms with E-state index in [2.05, 4.69) is 15.4 Å². The molecule has 3 rings (SSSR count). The van der Waals surface area contributed by atoms with Gasteiger partial charge in [0.15, 0.2) is 5.65 Å². The highest BCUT2D eigenvalue weighted by Crippen LogP contribution is 2.27. The normalized spacial score (nSPS) is 12.6. The van der Waals surface area contributed by atoms with Crippen LogP contribution in [0.4, 0.5) is 5.95 Å². The van der Waals surface area contributed by atoms with Crippen LogP contribution in [0.25, 0.3) is 5.65 Å². The summed E-state index contributed by atoms with van der Waals surface area (Å²) in [4.78, 5) is 4.46. The van der Waals surface area contributed by atoms with Gasteiger partial charge in [-0.15, -0.1) is 5.10 Å². The Labute approximate surface area is 132 Å². The molecule has 0 bridgehead atoms. The van der Waals surface area contributed by atoms with Gasteiger partial charge in [-0.2, -0.15) is 4.98 Å². The standard InChI is InChI=1S/C15H14Cl2N4/c1-9-4-3-5-14-19-15(20-21(9)14)18-10(2)12-7-6-11(16)8-13(12)17/h3-8,10H,1-2H3,(H,18,20). The molecule has 0 fully saturated rings. The maximum absolute atomic E-state index is 6.22. The molecule has 1 atom stereocenters. The number of nitrogens with zero attached hydrogens (tertiary/aromatic N) is 3. The lowest BCUT2D eigenvalue weighted by Crippen LogP contribution is -2.08. The Balaban J connectivity index is 1.89. The van der Waals surface area contributed by atoms with Crippen molar-refractivity contribution in [2.24, 2.45) is 0 Å². The molecule has 0 aliphatic carbocycles. The summed E-state index contributed by atoms with van der Waals surface area (Å²) in [5, 5.41) is 8.96. The Morgan fingerprint density at radius 1 is 1.19 bits per heavy atom. The summed E-state index contributed by atoms with van der Waals surface area (Å²) >= 11 is 12.1. The van der Waals surface area contributed by atoms with Crippen molar-refractivity contribution in [3.8, 4) is 0 Å². The molecule has 3 aromatic rings. The largest absolute Gasteiger partial charge is 0.346 e. The molecular weight excluding hydrogens is 307 g/mol. The second kappa shape index (κ2) is 5.54. The molecule has 0 spiro atoms. The van der Waals surface area contributed by atoms with Gasteiger partial charge in [0.1, 0.15) is 0 Å². The predicted molar refractivity (Wildman–Crippen MR) is 86.2 cm³/mol. The van der Waals surface area contributed by atoms with Gasteiger partial charge in [-0.25, -0.2) is 4.52 Å². The van der Waals surface area contributed by atoms with E-state index >= 15 is 0 Å². The molecule has 0 saturated heterocycles. The van der Waals surface area contributed by atoms with E-state index in [1.807, 2.05) is 44.2 Å². The zero-order chi connectivity index (χ0) is 15.0. The zero-order valence-corrected chi connectivity index (χ0v) is 13.2. The average Bonchev–Trinajstić information content (AvgIpc) is 2.82. The third-order valence-corrected chi connectivity index (χ3v) is 3.89. The van der Waals surface area contributed by atoms with Crippen molar-refractivity contribution >= 4 is 34.8 Å². The van der Waals surface area contributed by atoms with Crippen molar-refractivity contribution in [3.05, 3.63) is 57.7 Å². The first kappa shape index (κ1) is 14.2. The number of hydrogen-bond acceptors (Lipinski definition) is 3. The van der Waals surface area contributed by atoms with Crippen molar-refractivity contribution < 1.29 is 0 Å². The number of aryl methyl sites for hydroxylation is 1. The topological polar surface area (TPSA) is 42.2 Å². The van der Waals surface area contributed by atoms with Crippen LogP contribution >= 0.6 is 23.2 Å². The van der Waals surface area contributed by atoms with E-state index in [1.54, 1.807) is 10.6 Å². The van der Waals surface area contributed by atoms with Gasteiger partial charge in [0.25, 0.3) is 0 Å². The van der Waals surface area contributed by atoms with Crippen molar-refractivity contribution in [3.63, 3.8) is 0 Å². The summed E-state index contributed by atoms with van der Waals surface area (Å²) in [5.41, 5.74) is 2.80. The number of rotatable bonds is 3. The van der Waals surface area contributed by atoms with E-state index in [9.17, 15) is 0 Å². The van der Waals surface area contributed by atoms with Crippen molar-refractivity contribution in [1.29, 1.82) is 0 Å². The van der Waals surface area contributed by atoms with Gasteiger partial charge in [0.05, 0.1) is 6.04 Å². The van der Waals surface area contributed by atoms with Crippen LogP contribution in [0.2, 0.25) is 10.0 Å². The minimum absolute atomic E-state index is 0.0208. The van der Waals surface area contributed by atoms with E-state index in [0.717, 1.165) is 16.9 Å². The molecule has 0 saturated carbocycles. The Hall–Kier alpha value is -1.78. The van der Waals surface area contributed by atoms with Crippen molar-refractivity contribution in [1.82, 2.24) is 14.6 Å². The van der Waals surface area contributed by atoms with E-state index in [1.165, 1.54) is 0 Å². The van der Waals surface area contributed by atoms with Gasteiger partial charge in [0, 0.05) is 15.7 Å².